The number of urea groups is 1. The Labute approximate surface area is 145 Å². The molecule has 24 heavy (non-hydrogen) atoms. The molecule has 0 bridgehead atoms. The molecule has 0 radical (unpaired) electrons. The van der Waals surface area contributed by atoms with Gasteiger partial charge in [-0.3, -0.25) is 10.2 Å². The third-order valence-electron chi connectivity index (χ3n) is 3.38. The number of rotatable bonds is 4. The zero-order valence-corrected chi connectivity index (χ0v) is 14.3. The zero-order valence-electron chi connectivity index (χ0n) is 13.5. The minimum absolute atomic E-state index is 0.265. The highest BCUT2D eigenvalue weighted by atomic mass is 32.1. The van der Waals surface area contributed by atoms with Crippen molar-refractivity contribution in [2.45, 2.75) is 19.8 Å². The third kappa shape index (κ3) is 3.60. The summed E-state index contributed by atoms with van der Waals surface area (Å²) in [5.74, 6) is 0.285. The molecule has 0 spiro atoms. The van der Waals surface area contributed by atoms with E-state index in [1.165, 1.54) is 11.3 Å². The number of aromatic nitrogens is 2. The van der Waals surface area contributed by atoms with Crippen LogP contribution in [0.3, 0.4) is 0 Å². The van der Waals surface area contributed by atoms with Crippen molar-refractivity contribution in [1.82, 2.24) is 10.2 Å². The molecule has 2 aromatic carbocycles. The molecule has 0 saturated heterocycles. The summed E-state index contributed by atoms with van der Waals surface area (Å²) in [5, 5.41) is 12.4. The highest BCUT2D eigenvalue weighted by molar-refractivity contribution is 7.15. The average molecular weight is 338 g/mol. The number of amides is 2. The molecule has 3 aromatic rings. The predicted molar refractivity (Wildman–Crippen MR) is 98.0 cm³/mol. The van der Waals surface area contributed by atoms with E-state index < -0.39 is 0 Å². The highest BCUT2D eigenvalue weighted by Gasteiger charge is 2.19. The van der Waals surface area contributed by atoms with Crippen LogP contribution in [0.4, 0.5) is 21.3 Å². The van der Waals surface area contributed by atoms with Crippen molar-refractivity contribution >= 4 is 33.9 Å². The van der Waals surface area contributed by atoms with Gasteiger partial charge in [-0.05, 0) is 24.3 Å². The Morgan fingerprint density at radius 3 is 1.96 bits per heavy atom. The fourth-order valence-electron chi connectivity index (χ4n) is 2.20. The van der Waals surface area contributed by atoms with Crippen LogP contribution in [-0.4, -0.2) is 16.2 Å². The lowest BCUT2D eigenvalue weighted by atomic mass is 10.2. The first-order chi connectivity index (χ1) is 11.6. The summed E-state index contributed by atoms with van der Waals surface area (Å²) < 4.78 is 0. The van der Waals surface area contributed by atoms with Crippen molar-refractivity contribution in [2.24, 2.45) is 0 Å². The van der Waals surface area contributed by atoms with Gasteiger partial charge in [0.15, 0.2) is 0 Å². The first-order valence-electron chi connectivity index (χ1n) is 7.70. The molecule has 6 heteroatoms. The van der Waals surface area contributed by atoms with E-state index in [1.807, 2.05) is 74.5 Å². The van der Waals surface area contributed by atoms with E-state index in [4.69, 9.17) is 0 Å². The molecule has 3 rings (SSSR count). The second-order valence-electron chi connectivity index (χ2n) is 5.54. The monoisotopic (exact) mass is 338 g/mol. The molecule has 0 aliphatic heterocycles. The first-order valence-corrected chi connectivity index (χ1v) is 8.51. The molecule has 0 fully saturated rings. The van der Waals surface area contributed by atoms with Crippen molar-refractivity contribution < 1.29 is 4.79 Å². The van der Waals surface area contributed by atoms with Gasteiger partial charge in [-0.1, -0.05) is 61.6 Å². The number of anilines is 3. The minimum Gasteiger partial charge on any atom is -0.281 e. The maximum atomic E-state index is 12.8. The molecule has 2 amide bonds. The molecule has 0 saturated carbocycles. The second kappa shape index (κ2) is 7.23. The van der Waals surface area contributed by atoms with Crippen molar-refractivity contribution in [1.29, 1.82) is 0 Å². The van der Waals surface area contributed by atoms with Gasteiger partial charge in [0.05, 0.1) is 11.4 Å². The second-order valence-corrected chi connectivity index (χ2v) is 6.55. The van der Waals surface area contributed by atoms with E-state index in [1.54, 1.807) is 4.90 Å². The summed E-state index contributed by atoms with van der Waals surface area (Å²) in [7, 11) is 0. The molecule has 0 aliphatic rings. The van der Waals surface area contributed by atoms with Gasteiger partial charge < -0.3 is 0 Å². The van der Waals surface area contributed by atoms with Gasteiger partial charge in [-0.25, -0.2) is 4.79 Å². The summed E-state index contributed by atoms with van der Waals surface area (Å²) in [6.07, 6.45) is 0. The summed E-state index contributed by atoms with van der Waals surface area (Å²) in [6, 6.07) is 18.8. The molecule has 0 atom stereocenters. The van der Waals surface area contributed by atoms with Gasteiger partial charge in [0, 0.05) is 5.92 Å². The van der Waals surface area contributed by atoms with Crippen LogP contribution in [0.25, 0.3) is 0 Å². The fraction of sp³-hybridized carbons (Fsp3) is 0.167. The maximum absolute atomic E-state index is 12.8. The molecule has 1 heterocycles. The number of benzene rings is 2. The Morgan fingerprint density at radius 2 is 1.50 bits per heavy atom. The van der Waals surface area contributed by atoms with Crippen LogP contribution in [0.2, 0.25) is 0 Å². The lowest BCUT2D eigenvalue weighted by Crippen LogP contribution is -2.30. The predicted octanol–water partition coefficient (Wildman–Crippen LogP) is 5.03. The van der Waals surface area contributed by atoms with Crippen molar-refractivity contribution in [3.05, 3.63) is 65.7 Å². The van der Waals surface area contributed by atoms with Gasteiger partial charge in [0.2, 0.25) is 5.13 Å². The van der Waals surface area contributed by atoms with Crippen molar-refractivity contribution in [3.8, 4) is 0 Å². The first kappa shape index (κ1) is 16.1. The average Bonchev–Trinajstić information content (AvgIpc) is 3.06. The Bertz CT molecular complexity index is 763. The van der Waals surface area contributed by atoms with Gasteiger partial charge in [0.25, 0.3) is 0 Å². The normalized spacial score (nSPS) is 10.6. The van der Waals surface area contributed by atoms with Crippen molar-refractivity contribution in [3.63, 3.8) is 0 Å². The molecule has 0 aliphatic carbocycles. The Kier molecular flexibility index (Phi) is 4.86. The number of nitrogens with one attached hydrogen (secondary N) is 1. The van der Waals surface area contributed by atoms with Gasteiger partial charge >= 0.3 is 6.03 Å². The van der Waals surface area contributed by atoms with Crippen LogP contribution in [0.15, 0.2) is 60.7 Å². The standard InChI is InChI=1S/C18H18N4OS/c1-13(2)16-20-21-17(24-16)19-18(23)22(14-9-5-3-6-10-14)15-11-7-4-8-12-15/h3-13H,1-2H3,(H,19,21,23). The largest absolute Gasteiger partial charge is 0.332 e. The van der Waals surface area contributed by atoms with Gasteiger partial charge in [0.1, 0.15) is 5.01 Å². The highest BCUT2D eigenvalue weighted by Crippen LogP contribution is 2.27. The quantitative estimate of drug-likeness (QED) is 0.725. The van der Waals surface area contributed by atoms with Gasteiger partial charge in [-0.15, -0.1) is 10.2 Å². The van der Waals surface area contributed by atoms with Crippen molar-refractivity contribution in [2.75, 3.05) is 10.2 Å². The Balaban J connectivity index is 1.89. The van der Waals surface area contributed by atoms with E-state index in [2.05, 4.69) is 15.5 Å². The summed E-state index contributed by atoms with van der Waals surface area (Å²) in [6.45, 7) is 4.10. The number of carbonyl (C=O) groups is 1. The molecular weight excluding hydrogens is 320 g/mol. The fourth-order valence-corrected chi connectivity index (χ4v) is 2.94. The minimum atomic E-state index is -0.265. The van der Waals surface area contributed by atoms with Crippen LogP contribution in [0, 0.1) is 0 Å². The van der Waals surface area contributed by atoms with E-state index in [0.717, 1.165) is 16.4 Å². The number of hydrogen-bond donors (Lipinski definition) is 1. The van der Waals surface area contributed by atoms with E-state index in [0.29, 0.717) is 5.13 Å². The summed E-state index contributed by atoms with van der Waals surface area (Å²) in [4.78, 5) is 14.5. The molecule has 1 aromatic heterocycles. The van der Waals surface area contributed by atoms with Gasteiger partial charge in [-0.2, -0.15) is 0 Å². The van der Waals surface area contributed by atoms with Crippen LogP contribution in [0.5, 0.6) is 0 Å². The van der Waals surface area contributed by atoms with Crippen LogP contribution in [0.1, 0.15) is 24.8 Å². The summed E-state index contributed by atoms with van der Waals surface area (Å²) >= 11 is 1.40. The van der Waals surface area contributed by atoms with E-state index in [9.17, 15) is 4.79 Å². The Morgan fingerprint density at radius 1 is 0.958 bits per heavy atom. The van der Waals surface area contributed by atoms with Crippen LogP contribution < -0.4 is 10.2 Å². The van der Waals surface area contributed by atoms with Crippen LogP contribution >= 0.6 is 11.3 Å². The topological polar surface area (TPSA) is 58.1 Å². The number of nitrogens with zero attached hydrogens (tertiary/aromatic N) is 3. The smallest absolute Gasteiger partial charge is 0.281 e. The van der Waals surface area contributed by atoms with E-state index >= 15 is 0 Å². The molecule has 5 nitrogen and oxygen atoms in total. The number of para-hydroxylation sites is 2. The number of carbonyl (C=O) groups excluding carboxylic acids is 1. The zero-order chi connectivity index (χ0) is 16.9. The summed E-state index contributed by atoms with van der Waals surface area (Å²) in [5.41, 5.74) is 1.57. The SMILES string of the molecule is CC(C)c1nnc(NC(=O)N(c2ccccc2)c2ccccc2)s1. The molecule has 1 N–H and O–H groups in total. The number of hydrogen-bond acceptors (Lipinski definition) is 4. The molecular formula is C18H18N4OS. The lowest BCUT2D eigenvalue weighted by Gasteiger charge is -2.22. The van der Waals surface area contributed by atoms with Crippen LogP contribution in [-0.2, 0) is 0 Å². The van der Waals surface area contributed by atoms with E-state index in [-0.39, 0.29) is 11.9 Å². The Hall–Kier alpha value is -2.73. The molecule has 0 unspecified atom stereocenters. The molecule has 122 valence electrons. The lowest BCUT2D eigenvalue weighted by molar-refractivity contribution is 0.259. The third-order valence-corrected chi connectivity index (χ3v) is 4.52. The maximum Gasteiger partial charge on any atom is 0.332 e.